The molecule has 0 aromatic rings. The van der Waals surface area contributed by atoms with Crippen molar-refractivity contribution in [3.8, 4) is 0 Å². The summed E-state index contributed by atoms with van der Waals surface area (Å²) in [6.07, 6.45) is 0. The topological polar surface area (TPSA) is 52.7 Å². The molecule has 1 atom stereocenters. The van der Waals surface area contributed by atoms with Crippen LogP contribution in [-0.4, -0.2) is 40.9 Å². The molecule has 0 aromatic heterocycles. The molecule has 1 saturated heterocycles. The fourth-order valence-corrected chi connectivity index (χ4v) is 1.38. The lowest BCUT2D eigenvalue weighted by molar-refractivity contribution is -0.130. The van der Waals surface area contributed by atoms with E-state index in [2.05, 4.69) is 21.4 Å². The van der Waals surface area contributed by atoms with E-state index in [0.29, 0.717) is 0 Å². The van der Waals surface area contributed by atoms with E-state index in [1.807, 2.05) is 0 Å². The summed E-state index contributed by atoms with van der Waals surface area (Å²) in [4.78, 5) is 22.6. The minimum Gasteiger partial charge on any atom is -0.271 e. The van der Waals surface area contributed by atoms with E-state index in [0.717, 1.165) is 4.90 Å². The van der Waals surface area contributed by atoms with E-state index < -0.39 is 4.95 Å². The quantitative estimate of drug-likeness (QED) is 0.453. The molecule has 1 N–H and O–H groups in total. The molecule has 1 heterocycles. The van der Waals surface area contributed by atoms with Gasteiger partial charge in [0.25, 0.3) is 5.91 Å². The Kier molecular flexibility index (Phi) is 2.15. The van der Waals surface area contributed by atoms with Gasteiger partial charge in [-0.25, -0.2) is 10.2 Å². The maximum absolute atomic E-state index is 11.1. The monoisotopic (exact) mass is 221 g/mol. The number of alkyl halides is 1. The van der Waals surface area contributed by atoms with E-state index in [4.69, 9.17) is 0 Å². The Labute approximate surface area is 72.4 Å². The first-order valence-corrected chi connectivity index (χ1v) is 3.91. The molecular formula is C5H8BrN3O2. The van der Waals surface area contributed by atoms with Crippen LogP contribution in [0.15, 0.2) is 0 Å². The van der Waals surface area contributed by atoms with Gasteiger partial charge in [0, 0.05) is 14.1 Å². The molecule has 3 amide bonds. The average molecular weight is 222 g/mol. The average Bonchev–Trinajstić information content (AvgIpc) is 1.97. The number of imide groups is 1. The van der Waals surface area contributed by atoms with Crippen molar-refractivity contribution in [2.75, 3.05) is 14.1 Å². The zero-order chi connectivity index (χ0) is 8.59. The van der Waals surface area contributed by atoms with Crippen LogP contribution in [0, 0.1) is 0 Å². The highest BCUT2D eigenvalue weighted by atomic mass is 79.9. The third-order valence-corrected chi connectivity index (χ3v) is 2.02. The normalized spacial score (nSPS) is 26.3. The summed E-state index contributed by atoms with van der Waals surface area (Å²) in [5.41, 5.74) is 2.62. The Balaban J connectivity index is 2.79. The second kappa shape index (κ2) is 2.78. The van der Waals surface area contributed by atoms with Gasteiger partial charge < -0.3 is 0 Å². The molecule has 1 unspecified atom stereocenters. The van der Waals surface area contributed by atoms with E-state index >= 15 is 0 Å². The summed E-state index contributed by atoms with van der Waals surface area (Å²) < 4.78 is 0. The number of nitrogens with zero attached hydrogens (tertiary/aromatic N) is 2. The fraction of sp³-hybridized carbons (Fsp3) is 0.600. The Morgan fingerprint density at radius 3 is 2.55 bits per heavy atom. The molecule has 0 saturated carbocycles. The maximum Gasteiger partial charge on any atom is 0.340 e. The van der Waals surface area contributed by atoms with Gasteiger partial charge in [-0.05, 0) is 0 Å². The van der Waals surface area contributed by atoms with Gasteiger partial charge in [0.2, 0.25) is 0 Å². The number of carbonyl (C=O) groups excluding carboxylic acids is 2. The molecule has 1 aliphatic rings. The molecule has 1 aliphatic heterocycles. The van der Waals surface area contributed by atoms with Gasteiger partial charge >= 0.3 is 6.03 Å². The molecule has 0 aromatic carbocycles. The van der Waals surface area contributed by atoms with E-state index in [-0.39, 0.29) is 11.9 Å². The number of hydrogen-bond donors (Lipinski definition) is 1. The zero-order valence-electron chi connectivity index (χ0n) is 6.17. The minimum absolute atomic E-state index is 0.284. The highest BCUT2D eigenvalue weighted by Gasteiger charge is 2.32. The predicted molar refractivity (Wildman–Crippen MR) is 41.8 cm³/mol. The summed E-state index contributed by atoms with van der Waals surface area (Å²) >= 11 is 3.07. The first kappa shape index (κ1) is 8.48. The number of halogens is 1. The number of rotatable bonds is 0. The molecule has 6 heteroatoms. The van der Waals surface area contributed by atoms with Crippen molar-refractivity contribution in [2.24, 2.45) is 0 Å². The number of amides is 3. The number of urea groups is 1. The van der Waals surface area contributed by atoms with Crippen LogP contribution in [0.1, 0.15) is 0 Å². The van der Waals surface area contributed by atoms with Gasteiger partial charge in [-0.15, -0.1) is 0 Å². The lowest BCUT2D eigenvalue weighted by Gasteiger charge is -2.32. The number of nitrogens with one attached hydrogen (secondary N) is 1. The molecule has 1 rings (SSSR count). The molecule has 0 radical (unpaired) electrons. The summed E-state index contributed by atoms with van der Waals surface area (Å²) in [6.45, 7) is 0. The second-order valence-electron chi connectivity index (χ2n) is 2.23. The summed E-state index contributed by atoms with van der Waals surface area (Å²) in [7, 11) is 3.00. The molecule has 1 fully saturated rings. The lowest BCUT2D eigenvalue weighted by atomic mass is 10.5. The third-order valence-electron chi connectivity index (χ3n) is 1.43. The Bertz CT molecular complexity index is 188. The van der Waals surface area contributed by atoms with E-state index in [1.54, 1.807) is 7.05 Å². The smallest absolute Gasteiger partial charge is 0.271 e. The highest BCUT2D eigenvalue weighted by molar-refractivity contribution is 9.10. The van der Waals surface area contributed by atoms with Crippen LogP contribution in [0.25, 0.3) is 0 Å². The van der Waals surface area contributed by atoms with Crippen LogP contribution < -0.4 is 5.43 Å². The standard InChI is InChI=1S/C5H8BrN3O2/c1-8-4(10)3(6)7-9(2)5(8)11/h3,7H,1-2H3. The highest BCUT2D eigenvalue weighted by Crippen LogP contribution is 2.08. The lowest BCUT2D eigenvalue weighted by Crippen LogP contribution is -2.60. The van der Waals surface area contributed by atoms with Crippen molar-refractivity contribution in [2.45, 2.75) is 4.95 Å². The maximum atomic E-state index is 11.1. The van der Waals surface area contributed by atoms with Crippen LogP contribution in [0.2, 0.25) is 0 Å². The van der Waals surface area contributed by atoms with Crippen LogP contribution in [0.5, 0.6) is 0 Å². The van der Waals surface area contributed by atoms with Gasteiger partial charge in [0.05, 0.1) is 0 Å². The molecule has 62 valence electrons. The van der Waals surface area contributed by atoms with Gasteiger partial charge in [-0.1, -0.05) is 15.9 Å². The van der Waals surface area contributed by atoms with Crippen molar-refractivity contribution in [3.63, 3.8) is 0 Å². The molecule has 11 heavy (non-hydrogen) atoms. The van der Waals surface area contributed by atoms with Crippen LogP contribution >= 0.6 is 15.9 Å². The van der Waals surface area contributed by atoms with Crippen LogP contribution in [0.3, 0.4) is 0 Å². The van der Waals surface area contributed by atoms with Crippen LogP contribution in [-0.2, 0) is 4.79 Å². The van der Waals surface area contributed by atoms with Crippen LogP contribution in [0.4, 0.5) is 4.79 Å². The zero-order valence-corrected chi connectivity index (χ0v) is 7.75. The number of carbonyl (C=O) groups is 2. The summed E-state index contributed by atoms with van der Waals surface area (Å²) in [6, 6.07) is -0.356. The number of likely N-dealkylation sites (N-methyl/N-ethyl adjacent to an activating group) is 1. The number of hydrogen-bond acceptors (Lipinski definition) is 3. The fourth-order valence-electron chi connectivity index (χ4n) is 0.770. The Morgan fingerprint density at radius 2 is 2.00 bits per heavy atom. The first-order chi connectivity index (χ1) is 5.04. The van der Waals surface area contributed by atoms with Gasteiger partial charge in [-0.2, -0.15) is 0 Å². The van der Waals surface area contributed by atoms with Crippen molar-refractivity contribution < 1.29 is 9.59 Å². The van der Waals surface area contributed by atoms with E-state index in [1.165, 1.54) is 12.1 Å². The van der Waals surface area contributed by atoms with Gasteiger partial charge in [-0.3, -0.25) is 14.7 Å². The van der Waals surface area contributed by atoms with E-state index in [9.17, 15) is 9.59 Å². The Hall–Kier alpha value is -0.620. The molecule has 0 bridgehead atoms. The summed E-state index contributed by atoms with van der Waals surface area (Å²) in [5.74, 6) is -0.284. The second-order valence-corrected chi connectivity index (χ2v) is 3.15. The Morgan fingerprint density at radius 1 is 1.45 bits per heavy atom. The van der Waals surface area contributed by atoms with Crippen molar-refractivity contribution >= 4 is 27.9 Å². The number of hydrazine groups is 1. The molecule has 0 aliphatic carbocycles. The minimum atomic E-state index is -0.504. The van der Waals surface area contributed by atoms with Gasteiger partial charge in [0.15, 0.2) is 4.95 Å². The third kappa shape index (κ3) is 1.36. The predicted octanol–water partition coefficient (Wildman–Crippen LogP) is -0.264. The molecule has 0 spiro atoms. The van der Waals surface area contributed by atoms with Gasteiger partial charge in [0.1, 0.15) is 0 Å². The molecular weight excluding hydrogens is 214 g/mol. The SMILES string of the molecule is CN1NC(Br)C(=O)N(C)C1=O. The first-order valence-electron chi connectivity index (χ1n) is 2.99. The largest absolute Gasteiger partial charge is 0.340 e. The van der Waals surface area contributed by atoms with Crippen molar-refractivity contribution in [1.82, 2.24) is 15.3 Å². The van der Waals surface area contributed by atoms with Crippen molar-refractivity contribution in [3.05, 3.63) is 0 Å². The summed E-state index contributed by atoms with van der Waals surface area (Å²) in [5, 5.41) is 1.25. The van der Waals surface area contributed by atoms with Crippen molar-refractivity contribution in [1.29, 1.82) is 0 Å². The molecule has 5 nitrogen and oxygen atoms in total.